The summed E-state index contributed by atoms with van der Waals surface area (Å²) in [5.74, 6) is 0. The van der Waals surface area contributed by atoms with E-state index in [0.717, 1.165) is 12.1 Å². The largest absolute Gasteiger partial charge is 0.390 e. The molecular weight excluding hydrogens is 176 g/mol. The molecular formula is C9H13F2NO. The number of nitrogens with zero attached hydrogens (tertiary/aromatic N) is 1. The molecule has 0 bridgehead atoms. The van der Waals surface area contributed by atoms with Crippen LogP contribution in [0.15, 0.2) is 5.16 Å². The zero-order valence-corrected chi connectivity index (χ0v) is 7.43. The number of hydrogen-bond acceptors (Lipinski definition) is 2. The molecule has 0 N–H and O–H groups in total. The van der Waals surface area contributed by atoms with Gasteiger partial charge in [0, 0.05) is 5.41 Å². The zero-order valence-electron chi connectivity index (χ0n) is 7.43. The Labute approximate surface area is 75.9 Å². The van der Waals surface area contributed by atoms with Crippen molar-refractivity contribution in [2.45, 2.75) is 38.5 Å². The lowest BCUT2D eigenvalue weighted by molar-refractivity contribution is 0.0154. The topological polar surface area (TPSA) is 21.6 Å². The van der Waals surface area contributed by atoms with E-state index in [4.69, 9.17) is 0 Å². The molecule has 2 aliphatic carbocycles. The van der Waals surface area contributed by atoms with E-state index >= 15 is 0 Å². The van der Waals surface area contributed by atoms with Crippen LogP contribution in [0, 0.1) is 5.41 Å². The number of alkyl halides is 2. The average Bonchev–Trinajstić information content (AvgIpc) is 1.92. The number of rotatable bonds is 3. The Hall–Kier alpha value is -0.670. The van der Waals surface area contributed by atoms with Crippen molar-refractivity contribution in [1.82, 2.24) is 0 Å². The van der Waals surface area contributed by atoms with Crippen LogP contribution in [0.5, 0.6) is 0 Å². The molecule has 2 nitrogen and oxygen atoms in total. The lowest BCUT2D eigenvalue weighted by Crippen LogP contribution is -2.46. The minimum absolute atomic E-state index is 0.280. The Morgan fingerprint density at radius 2 is 2.15 bits per heavy atom. The first-order chi connectivity index (χ1) is 6.23. The van der Waals surface area contributed by atoms with Gasteiger partial charge in [-0.2, -0.15) is 0 Å². The average molecular weight is 189 g/mol. The summed E-state index contributed by atoms with van der Waals surface area (Å²) < 4.78 is 23.4. The maximum Gasteiger partial charge on any atom is 0.274 e. The first-order valence-corrected chi connectivity index (χ1v) is 4.70. The van der Waals surface area contributed by atoms with Crippen molar-refractivity contribution < 1.29 is 13.6 Å². The quantitative estimate of drug-likeness (QED) is 0.625. The number of hydrogen-bond donors (Lipinski definition) is 0. The summed E-state index contributed by atoms with van der Waals surface area (Å²) in [7, 11) is 0. The smallest absolute Gasteiger partial charge is 0.274 e. The highest BCUT2D eigenvalue weighted by Gasteiger charge is 2.48. The fourth-order valence-corrected chi connectivity index (χ4v) is 2.05. The molecule has 0 unspecified atom stereocenters. The molecule has 2 aliphatic rings. The van der Waals surface area contributed by atoms with Gasteiger partial charge in [-0.1, -0.05) is 11.6 Å². The predicted molar refractivity (Wildman–Crippen MR) is 44.9 cm³/mol. The van der Waals surface area contributed by atoms with Crippen LogP contribution < -0.4 is 0 Å². The van der Waals surface area contributed by atoms with E-state index in [2.05, 4.69) is 9.99 Å². The highest BCUT2D eigenvalue weighted by molar-refractivity contribution is 5.95. The Morgan fingerprint density at radius 1 is 1.38 bits per heavy atom. The monoisotopic (exact) mass is 189 g/mol. The van der Waals surface area contributed by atoms with Gasteiger partial charge in [-0.3, -0.25) is 0 Å². The van der Waals surface area contributed by atoms with Crippen molar-refractivity contribution in [3.63, 3.8) is 0 Å². The van der Waals surface area contributed by atoms with E-state index in [9.17, 15) is 8.78 Å². The highest BCUT2D eigenvalue weighted by Crippen LogP contribution is 2.53. The van der Waals surface area contributed by atoms with Crippen LogP contribution >= 0.6 is 0 Å². The molecule has 2 fully saturated rings. The van der Waals surface area contributed by atoms with Gasteiger partial charge < -0.3 is 4.84 Å². The number of oxime groups is 1. The predicted octanol–water partition coefficient (Wildman–Crippen LogP) is 2.59. The second-order valence-corrected chi connectivity index (χ2v) is 3.86. The van der Waals surface area contributed by atoms with Gasteiger partial charge in [-0.25, -0.2) is 8.78 Å². The first-order valence-electron chi connectivity index (χ1n) is 4.70. The molecule has 0 aromatic rings. The second-order valence-electron chi connectivity index (χ2n) is 3.86. The lowest BCUT2D eigenvalue weighted by atomic mass is 9.55. The number of halogens is 2. The van der Waals surface area contributed by atoms with Gasteiger partial charge in [-0.15, -0.1) is 0 Å². The summed E-state index contributed by atoms with van der Waals surface area (Å²) >= 11 is 0. The molecule has 0 atom stereocenters. The Kier molecular flexibility index (Phi) is 2.22. The summed E-state index contributed by atoms with van der Waals surface area (Å²) in [5, 5.41) is 3.78. The molecule has 1 spiro atoms. The summed E-state index contributed by atoms with van der Waals surface area (Å²) in [6, 6.07) is 0. The third-order valence-electron chi connectivity index (χ3n) is 3.14. The molecule has 0 amide bonds. The molecule has 0 aromatic carbocycles. The fraction of sp³-hybridized carbons (Fsp3) is 0.889. The Bertz CT molecular complexity index is 218. The third kappa shape index (κ3) is 1.54. The van der Waals surface area contributed by atoms with Gasteiger partial charge in [0.25, 0.3) is 6.43 Å². The molecule has 0 aromatic heterocycles. The zero-order chi connectivity index (χ0) is 9.31. The molecule has 2 rings (SSSR count). The van der Waals surface area contributed by atoms with Gasteiger partial charge >= 0.3 is 0 Å². The van der Waals surface area contributed by atoms with Crippen molar-refractivity contribution in [3.05, 3.63) is 0 Å². The molecule has 0 heterocycles. The van der Waals surface area contributed by atoms with Crippen molar-refractivity contribution in [1.29, 1.82) is 0 Å². The molecule has 74 valence electrons. The first kappa shape index (κ1) is 8.91. The van der Waals surface area contributed by atoms with E-state index in [0.29, 0.717) is 0 Å². The minimum Gasteiger partial charge on any atom is -0.390 e. The Morgan fingerprint density at radius 3 is 2.54 bits per heavy atom. The van der Waals surface area contributed by atoms with Gasteiger partial charge in [0.05, 0.1) is 5.71 Å². The van der Waals surface area contributed by atoms with Crippen LogP contribution in [-0.2, 0) is 4.84 Å². The molecule has 13 heavy (non-hydrogen) atoms. The van der Waals surface area contributed by atoms with Crippen LogP contribution in [0.4, 0.5) is 8.78 Å². The summed E-state index contributed by atoms with van der Waals surface area (Å²) in [6.45, 7) is -0.570. The van der Waals surface area contributed by atoms with Crippen molar-refractivity contribution in [2.24, 2.45) is 10.6 Å². The van der Waals surface area contributed by atoms with Crippen LogP contribution in [0.3, 0.4) is 0 Å². The summed E-state index contributed by atoms with van der Waals surface area (Å²) in [5.41, 5.74) is 1.29. The third-order valence-corrected chi connectivity index (χ3v) is 3.14. The molecule has 2 saturated carbocycles. The molecule has 0 radical (unpaired) electrons. The summed E-state index contributed by atoms with van der Waals surface area (Å²) in [4.78, 5) is 4.57. The van der Waals surface area contributed by atoms with E-state index < -0.39 is 13.0 Å². The van der Waals surface area contributed by atoms with E-state index in [1.54, 1.807) is 0 Å². The maximum atomic E-state index is 11.7. The highest BCUT2D eigenvalue weighted by atomic mass is 19.3. The van der Waals surface area contributed by atoms with Crippen molar-refractivity contribution in [3.8, 4) is 0 Å². The van der Waals surface area contributed by atoms with Crippen molar-refractivity contribution >= 4 is 5.71 Å². The van der Waals surface area contributed by atoms with Gasteiger partial charge in [0.2, 0.25) is 0 Å². The van der Waals surface area contributed by atoms with Crippen LogP contribution in [-0.4, -0.2) is 18.7 Å². The fourth-order valence-electron chi connectivity index (χ4n) is 2.05. The summed E-state index contributed by atoms with van der Waals surface area (Å²) in [6.07, 6.45) is 3.27. The SMILES string of the molecule is FC(F)CO/N=C1/CCC12CCC2. The standard InChI is InChI=1S/C9H13F2NO/c10-8(11)6-13-12-7-2-5-9(7)3-1-4-9/h8H,1-6H2/b12-7-. The van der Waals surface area contributed by atoms with Crippen molar-refractivity contribution in [2.75, 3.05) is 6.61 Å². The lowest BCUT2D eigenvalue weighted by Gasteiger charge is -2.49. The van der Waals surface area contributed by atoms with Crippen LogP contribution in [0.25, 0.3) is 0 Å². The molecule has 4 heteroatoms. The normalized spacial score (nSPS) is 27.5. The molecule has 0 saturated heterocycles. The van der Waals surface area contributed by atoms with E-state index in [1.165, 1.54) is 25.7 Å². The van der Waals surface area contributed by atoms with Crippen LogP contribution in [0.1, 0.15) is 32.1 Å². The molecule has 0 aliphatic heterocycles. The second kappa shape index (κ2) is 3.24. The maximum absolute atomic E-state index is 11.7. The van der Waals surface area contributed by atoms with E-state index in [1.807, 2.05) is 0 Å². The van der Waals surface area contributed by atoms with Crippen LogP contribution in [0.2, 0.25) is 0 Å². The minimum atomic E-state index is -2.42. The Balaban J connectivity index is 1.80. The van der Waals surface area contributed by atoms with Gasteiger partial charge in [0.1, 0.15) is 0 Å². The van der Waals surface area contributed by atoms with Gasteiger partial charge in [0.15, 0.2) is 6.61 Å². The van der Waals surface area contributed by atoms with E-state index in [-0.39, 0.29) is 5.41 Å². The van der Waals surface area contributed by atoms with Gasteiger partial charge in [-0.05, 0) is 25.7 Å².